The molecule has 6 heteroatoms. The number of aromatic amines is 1. The van der Waals surface area contributed by atoms with Crippen molar-refractivity contribution < 1.29 is 19.5 Å². The lowest BCUT2D eigenvalue weighted by atomic mass is 9.91. The normalized spacial score (nSPS) is 19.6. The van der Waals surface area contributed by atoms with E-state index in [4.69, 9.17) is 14.7 Å². The van der Waals surface area contributed by atoms with Crippen LogP contribution in [-0.4, -0.2) is 41.5 Å². The maximum atomic E-state index is 10.7. The first kappa shape index (κ1) is 13.8. The van der Waals surface area contributed by atoms with Gasteiger partial charge in [0, 0.05) is 36.1 Å². The molecule has 1 fully saturated rings. The Bertz CT molecular complexity index is 652. The predicted molar refractivity (Wildman–Crippen MR) is 77.5 cm³/mol. The first-order valence-electron chi connectivity index (χ1n) is 6.98. The first-order valence-corrected chi connectivity index (χ1v) is 6.98. The second kappa shape index (κ2) is 5.65. The quantitative estimate of drug-likeness (QED) is 0.909. The fourth-order valence-electron chi connectivity index (χ4n) is 2.98. The molecule has 1 aliphatic rings. The van der Waals surface area contributed by atoms with Crippen molar-refractivity contribution in [3.8, 4) is 5.75 Å². The maximum Gasteiger partial charge on any atom is 0.525 e. The van der Waals surface area contributed by atoms with E-state index in [2.05, 4.69) is 4.98 Å². The van der Waals surface area contributed by atoms with Gasteiger partial charge in [-0.2, -0.15) is 0 Å². The number of nitrogens with one attached hydrogen (secondary N) is 1. The zero-order valence-corrected chi connectivity index (χ0v) is 11.8. The highest BCUT2D eigenvalue weighted by Crippen LogP contribution is 2.33. The van der Waals surface area contributed by atoms with E-state index in [0.717, 1.165) is 29.5 Å². The lowest BCUT2D eigenvalue weighted by Crippen LogP contribution is -2.35. The summed E-state index contributed by atoms with van der Waals surface area (Å²) in [6.07, 6.45) is 2.67. The number of aromatic nitrogens is 1. The molecule has 2 aromatic rings. The Labute approximate surface area is 122 Å². The van der Waals surface area contributed by atoms with Crippen LogP contribution in [0.4, 0.5) is 4.79 Å². The Balaban J connectivity index is 1.87. The summed E-state index contributed by atoms with van der Waals surface area (Å²) in [5, 5.41) is 11.4. The van der Waals surface area contributed by atoms with Crippen LogP contribution in [0.3, 0.4) is 0 Å². The minimum absolute atomic E-state index is 0.249. The molecule has 1 unspecified atom stereocenters. The van der Waals surface area contributed by atoms with Crippen LogP contribution in [0.15, 0.2) is 24.4 Å². The maximum absolute atomic E-state index is 10.7. The summed E-state index contributed by atoms with van der Waals surface area (Å²) in [7, 11) is 1.65. The van der Waals surface area contributed by atoms with Crippen molar-refractivity contribution in [1.82, 2.24) is 10.0 Å². The van der Waals surface area contributed by atoms with Gasteiger partial charge in [-0.25, -0.2) is 4.79 Å². The summed E-state index contributed by atoms with van der Waals surface area (Å²) >= 11 is 0. The minimum atomic E-state index is -1.25. The first-order chi connectivity index (χ1) is 10.2. The van der Waals surface area contributed by atoms with Gasteiger partial charge in [-0.1, -0.05) is 0 Å². The van der Waals surface area contributed by atoms with Gasteiger partial charge in [-0.05, 0) is 36.6 Å². The van der Waals surface area contributed by atoms with Gasteiger partial charge >= 0.3 is 6.16 Å². The number of carbonyl (C=O) groups is 1. The van der Waals surface area contributed by atoms with Gasteiger partial charge < -0.3 is 19.7 Å². The van der Waals surface area contributed by atoms with Crippen molar-refractivity contribution in [3.63, 3.8) is 0 Å². The van der Waals surface area contributed by atoms with Crippen molar-refractivity contribution in [2.45, 2.75) is 18.8 Å². The molecule has 6 nitrogen and oxygen atoms in total. The molecule has 1 atom stereocenters. The van der Waals surface area contributed by atoms with E-state index in [1.165, 1.54) is 10.6 Å². The lowest BCUT2D eigenvalue weighted by molar-refractivity contribution is -0.133. The summed E-state index contributed by atoms with van der Waals surface area (Å²) in [5.74, 6) is 1.07. The Hall–Kier alpha value is -2.21. The van der Waals surface area contributed by atoms with Crippen LogP contribution in [0.5, 0.6) is 5.75 Å². The van der Waals surface area contributed by atoms with Crippen LogP contribution in [0.2, 0.25) is 0 Å². The third-order valence-electron chi connectivity index (χ3n) is 3.95. The highest BCUT2D eigenvalue weighted by molar-refractivity contribution is 5.85. The smallest absolute Gasteiger partial charge is 0.497 e. The molecule has 0 aliphatic carbocycles. The number of hydrogen-bond donors (Lipinski definition) is 2. The molecule has 1 aliphatic heterocycles. The van der Waals surface area contributed by atoms with Crippen molar-refractivity contribution in [3.05, 3.63) is 30.0 Å². The molecule has 112 valence electrons. The zero-order chi connectivity index (χ0) is 14.8. The number of fused-ring (bicyclic) bond motifs is 1. The molecule has 1 saturated heterocycles. The van der Waals surface area contributed by atoms with Gasteiger partial charge in [0.2, 0.25) is 0 Å². The standard InChI is InChI=1S/C15H18N2O4/c1-20-11-4-5-14-12(7-11)13(8-16-14)10-3-2-6-17(9-10)21-15(18)19/h4-5,7-8,10,16H,2-3,6,9H2,1H3,(H,18,19). The number of nitrogens with zero attached hydrogens (tertiary/aromatic N) is 1. The van der Waals surface area contributed by atoms with Gasteiger partial charge in [0.1, 0.15) is 5.75 Å². The van der Waals surface area contributed by atoms with E-state index in [9.17, 15) is 4.79 Å². The van der Waals surface area contributed by atoms with E-state index < -0.39 is 6.16 Å². The molecular weight excluding hydrogens is 272 g/mol. The molecule has 0 saturated carbocycles. The Morgan fingerprint density at radius 2 is 2.33 bits per heavy atom. The van der Waals surface area contributed by atoms with Crippen molar-refractivity contribution in [2.24, 2.45) is 0 Å². The van der Waals surface area contributed by atoms with Crippen LogP contribution in [0.1, 0.15) is 24.3 Å². The molecule has 21 heavy (non-hydrogen) atoms. The Kier molecular flexibility index (Phi) is 3.70. The highest BCUT2D eigenvalue weighted by Gasteiger charge is 2.25. The second-order valence-electron chi connectivity index (χ2n) is 5.24. The van der Waals surface area contributed by atoms with E-state index in [0.29, 0.717) is 13.1 Å². The van der Waals surface area contributed by atoms with Crippen molar-refractivity contribution in [2.75, 3.05) is 20.2 Å². The number of hydrogen-bond acceptors (Lipinski definition) is 4. The monoisotopic (exact) mass is 290 g/mol. The Morgan fingerprint density at radius 1 is 1.48 bits per heavy atom. The molecule has 0 amide bonds. The predicted octanol–water partition coefficient (Wildman–Crippen LogP) is 2.97. The van der Waals surface area contributed by atoms with Gasteiger partial charge in [0.05, 0.1) is 7.11 Å². The number of methoxy groups -OCH3 is 1. The fourth-order valence-corrected chi connectivity index (χ4v) is 2.98. The minimum Gasteiger partial charge on any atom is -0.497 e. The summed E-state index contributed by atoms with van der Waals surface area (Å²) in [5.41, 5.74) is 2.24. The lowest BCUT2D eigenvalue weighted by Gasteiger charge is -2.30. The number of ether oxygens (including phenoxy) is 1. The van der Waals surface area contributed by atoms with Crippen molar-refractivity contribution in [1.29, 1.82) is 0 Å². The Morgan fingerprint density at radius 3 is 3.10 bits per heavy atom. The second-order valence-corrected chi connectivity index (χ2v) is 5.24. The molecule has 2 N–H and O–H groups in total. The molecule has 1 aromatic heterocycles. The van der Waals surface area contributed by atoms with Gasteiger partial charge in [-0.3, -0.25) is 0 Å². The summed E-state index contributed by atoms with van der Waals surface area (Å²) in [4.78, 5) is 18.7. The number of piperidine rings is 1. The number of benzene rings is 1. The summed E-state index contributed by atoms with van der Waals surface area (Å²) < 4.78 is 5.28. The third kappa shape index (κ3) is 2.80. The average molecular weight is 290 g/mol. The summed E-state index contributed by atoms with van der Waals surface area (Å²) in [6, 6.07) is 5.92. The molecular formula is C15H18N2O4. The van der Waals surface area contributed by atoms with Crippen LogP contribution in [0.25, 0.3) is 10.9 Å². The largest absolute Gasteiger partial charge is 0.525 e. The molecule has 0 radical (unpaired) electrons. The van der Waals surface area contributed by atoms with Gasteiger partial charge in [0.15, 0.2) is 0 Å². The van der Waals surface area contributed by atoms with Crippen LogP contribution in [-0.2, 0) is 4.84 Å². The van der Waals surface area contributed by atoms with E-state index in [-0.39, 0.29) is 5.92 Å². The summed E-state index contributed by atoms with van der Waals surface area (Å²) in [6.45, 7) is 1.23. The number of rotatable bonds is 3. The van der Waals surface area contributed by atoms with Crippen molar-refractivity contribution >= 4 is 17.1 Å². The zero-order valence-electron chi connectivity index (χ0n) is 11.8. The van der Waals surface area contributed by atoms with E-state index >= 15 is 0 Å². The fraction of sp³-hybridized carbons (Fsp3) is 0.400. The van der Waals surface area contributed by atoms with Gasteiger partial charge in [-0.15, -0.1) is 5.06 Å². The van der Waals surface area contributed by atoms with E-state index in [1.807, 2.05) is 24.4 Å². The highest BCUT2D eigenvalue weighted by atomic mass is 16.8. The average Bonchev–Trinajstić information content (AvgIpc) is 2.89. The SMILES string of the molecule is COc1ccc2[nH]cc(C3CCCN(OC(=O)O)C3)c2c1. The molecule has 0 bridgehead atoms. The number of H-pyrrole nitrogens is 1. The molecule has 1 aromatic carbocycles. The van der Waals surface area contributed by atoms with Crippen LogP contribution in [0, 0.1) is 0 Å². The third-order valence-corrected chi connectivity index (χ3v) is 3.95. The van der Waals surface area contributed by atoms with E-state index in [1.54, 1.807) is 7.11 Å². The van der Waals surface area contributed by atoms with Gasteiger partial charge in [0.25, 0.3) is 0 Å². The molecule has 2 heterocycles. The van der Waals surface area contributed by atoms with Crippen LogP contribution < -0.4 is 4.74 Å². The topological polar surface area (TPSA) is 74.8 Å². The molecule has 3 rings (SSSR count). The van der Waals surface area contributed by atoms with Crippen LogP contribution >= 0.6 is 0 Å². The number of carboxylic acid groups (broad SMARTS) is 1. The molecule has 0 spiro atoms. The number of hydroxylamine groups is 2.